The highest BCUT2D eigenvalue weighted by atomic mass is 16.5. The van der Waals surface area contributed by atoms with Crippen LogP contribution < -0.4 is 16.0 Å². The summed E-state index contributed by atoms with van der Waals surface area (Å²) in [6.07, 6.45) is 1.08. The molecule has 0 radical (unpaired) electrons. The Morgan fingerprint density at radius 1 is 1.40 bits per heavy atom. The molecular formula is C11H10N6O3. The fraction of sp³-hybridized carbons (Fsp3) is 0.0909. The van der Waals surface area contributed by atoms with E-state index in [1.165, 1.54) is 23.8 Å². The maximum Gasteiger partial charge on any atom is 0.271 e. The molecule has 9 nitrogen and oxygen atoms in total. The smallest absolute Gasteiger partial charge is 0.271 e. The molecule has 102 valence electrons. The molecule has 0 aliphatic rings. The average Bonchev–Trinajstić information content (AvgIpc) is 2.83. The fourth-order valence-electron chi connectivity index (χ4n) is 1.84. The summed E-state index contributed by atoms with van der Waals surface area (Å²) in [5.74, 6) is 0.470. The Balaban J connectivity index is 2.31. The Hall–Kier alpha value is -3.10. The summed E-state index contributed by atoms with van der Waals surface area (Å²) in [6.45, 7) is 0. The van der Waals surface area contributed by atoms with Crippen molar-refractivity contribution in [2.45, 2.75) is 0 Å². The molecule has 4 N–H and O–H groups in total. The van der Waals surface area contributed by atoms with Crippen molar-refractivity contribution in [3.05, 3.63) is 28.7 Å². The van der Waals surface area contributed by atoms with Gasteiger partial charge in [0.15, 0.2) is 17.3 Å². The van der Waals surface area contributed by atoms with Crippen molar-refractivity contribution < 1.29 is 9.84 Å². The Morgan fingerprint density at radius 2 is 2.20 bits per heavy atom. The van der Waals surface area contributed by atoms with Crippen molar-refractivity contribution in [3.8, 4) is 22.9 Å². The van der Waals surface area contributed by atoms with Crippen LogP contribution in [0.25, 0.3) is 17.2 Å². The number of phenols is 1. The number of anilines is 1. The standard InChI is InChI=1S/C11H10N6O3/c1-20-7-3-5(12)2-6(9(7)19)10-15-16-11-14-8(18)4-13-17(10)11/h2-4,19H,12H2,1H3,(H,14,16,18). The van der Waals surface area contributed by atoms with Crippen LogP contribution in [-0.4, -0.2) is 37.0 Å². The summed E-state index contributed by atoms with van der Waals surface area (Å²) in [7, 11) is 1.41. The van der Waals surface area contributed by atoms with Crippen LogP contribution in [0.4, 0.5) is 5.69 Å². The minimum Gasteiger partial charge on any atom is -0.504 e. The van der Waals surface area contributed by atoms with E-state index in [4.69, 9.17) is 10.5 Å². The van der Waals surface area contributed by atoms with E-state index in [0.29, 0.717) is 11.3 Å². The van der Waals surface area contributed by atoms with Gasteiger partial charge < -0.3 is 15.6 Å². The molecule has 3 rings (SSSR count). The monoisotopic (exact) mass is 274 g/mol. The van der Waals surface area contributed by atoms with Crippen molar-refractivity contribution >= 4 is 11.5 Å². The molecule has 0 bridgehead atoms. The van der Waals surface area contributed by atoms with Crippen molar-refractivity contribution in [2.75, 3.05) is 12.8 Å². The van der Waals surface area contributed by atoms with Crippen LogP contribution in [0.1, 0.15) is 0 Å². The number of methoxy groups -OCH3 is 1. The van der Waals surface area contributed by atoms with E-state index in [0.717, 1.165) is 6.20 Å². The number of hydrogen-bond acceptors (Lipinski definition) is 7. The Labute approximate surface area is 111 Å². The summed E-state index contributed by atoms with van der Waals surface area (Å²) in [5, 5.41) is 21.7. The number of hydrogen-bond donors (Lipinski definition) is 3. The van der Waals surface area contributed by atoms with E-state index in [-0.39, 0.29) is 23.1 Å². The summed E-state index contributed by atoms with van der Waals surface area (Å²) in [4.78, 5) is 13.6. The van der Waals surface area contributed by atoms with Crippen molar-refractivity contribution in [2.24, 2.45) is 0 Å². The van der Waals surface area contributed by atoms with Gasteiger partial charge in [0.05, 0.1) is 12.7 Å². The number of aromatic hydroxyl groups is 1. The Morgan fingerprint density at radius 3 is 2.95 bits per heavy atom. The van der Waals surface area contributed by atoms with Gasteiger partial charge in [0.25, 0.3) is 11.3 Å². The van der Waals surface area contributed by atoms with Crippen LogP contribution in [0.3, 0.4) is 0 Å². The van der Waals surface area contributed by atoms with Gasteiger partial charge in [-0.05, 0) is 6.07 Å². The number of nitrogens with zero attached hydrogens (tertiary/aromatic N) is 4. The molecule has 3 aromatic rings. The zero-order valence-electron chi connectivity index (χ0n) is 10.4. The zero-order chi connectivity index (χ0) is 14.3. The molecule has 0 fully saturated rings. The second-order valence-electron chi connectivity index (χ2n) is 4.01. The molecule has 0 aliphatic carbocycles. The molecule has 1 aromatic carbocycles. The van der Waals surface area contributed by atoms with Gasteiger partial charge in [0.2, 0.25) is 0 Å². The highest BCUT2D eigenvalue weighted by Gasteiger charge is 2.17. The number of ether oxygens (including phenoxy) is 1. The highest BCUT2D eigenvalue weighted by Crippen LogP contribution is 2.38. The van der Waals surface area contributed by atoms with Gasteiger partial charge in [-0.25, -0.2) is 0 Å². The molecule has 9 heteroatoms. The summed E-state index contributed by atoms with van der Waals surface area (Å²) in [6, 6.07) is 3.00. The number of rotatable bonds is 2. The first-order valence-electron chi connectivity index (χ1n) is 5.57. The minimum atomic E-state index is -0.397. The lowest BCUT2D eigenvalue weighted by Gasteiger charge is -2.08. The van der Waals surface area contributed by atoms with Gasteiger partial charge in [0.1, 0.15) is 6.20 Å². The molecule has 2 aromatic heterocycles. The van der Waals surface area contributed by atoms with Crippen molar-refractivity contribution in [1.29, 1.82) is 0 Å². The van der Waals surface area contributed by atoms with Crippen LogP contribution in [0.2, 0.25) is 0 Å². The summed E-state index contributed by atoms with van der Waals surface area (Å²) >= 11 is 0. The SMILES string of the molecule is COc1cc(N)cc(-c2nnc3[nH]c(=O)cnn23)c1O. The van der Waals surface area contributed by atoms with E-state index in [1.54, 1.807) is 0 Å². The molecule has 0 unspecified atom stereocenters. The number of fused-ring (bicyclic) bond motifs is 1. The quantitative estimate of drug-likeness (QED) is 0.434. The van der Waals surface area contributed by atoms with E-state index in [1.807, 2.05) is 0 Å². The molecule has 20 heavy (non-hydrogen) atoms. The third-order valence-corrected chi connectivity index (χ3v) is 2.72. The van der Waals surface area contributed by atoms with Crippen LogP contribution in [0, 0.1) is 0 Å². The zero-order valence-corrected chi connectivity index (χ0v) is 10.4. The third-order valence-electron chi connectivity index (χ3n) is 2.72. The van der Waals surface area contributed by atoms with Gasteiger partial charge in [0, 0.05) is 11.8 Å². The summed E-state index contributed by atoms with van der Waals surface area (Å²) < 4.78 is 6.32. The lowest BCUT2D eigenvalue weighted by Crippen LogP contribution is -2.09. The van der Waals surface area contributed by atoms with E-state index in [9.17, 15) is 9.90 Å². The Kier molecular flexibility index (Phi) is 2.53. The molecule has 0 atom stereocenters. The number of aromatic nitrogens is 5. The van der Waals surface area contributed by atoms with Crippen LogP contribution in [0.15, 0.2) is 23.1 Å². The first kappa shape index (κ1) is 12.0. The molecule has 0 saturated heterocycles. The first-order chi connectivity index (χ1) is 9.60. The average molecular weight is 274 g/mol. The van der Waals surface area contributed by atoms with Crippen molar-refractivity contribution in [1.82, 2.24) is 24.8 Å². The van der Waals surface area contributed by atoms with Crippen LogP contribution in [0.5, 0.6) is 11.5 Å². The van der Waals surface area contributed by atoms with E-state index >= 15 is 0 Å². The second kappa shape index (κ2) is 4.23. The normalized spacial score (nSPS) is 10.8. The summed E-state index contributed by atoms with van der Waals surface area (Å²) in [5.41, 5.74) is 6.04. The lowest BCUT2D eigenvalue weighted by molar-refractivity contribution is 0.374. The van der Waals surface area contributed by atoms with Gasteiger partial charge in [-0.15, -0.1) is 10.2 Å². The number of nitrogens with two attached hydrogens (primary N) is 1. The minimum absolute atomic E-state index is 0.135. The van der Waals surface area contributed by atoms with Gasteiger partial charge >= 0.3 is 0 Å². The van der Waals surface area contributed by atoms with E-state index in [2.05, 4.69) is 20.3 Å². The Bertz CT molecular complexity index is 853. The molecule has 0 spiro atoms. The fourth-order valence-corrected chi connectivity index (χ4v) is 1.84. The maximum absolute atomic E-state index is 11.2. The largest absolute Gasteiger partial charge is 0.504 e. The molecule has 0 amide bonds. The van der Waals surface area contributed by atoms with Gasteiger partial charge in [-0.2, -0.15) is 9.61 Å². The molecule has 0 aliphatic heterocycles. The number of nitrogens with one attached hydrogen (secondary N) is 1. The predicted octanol–water partition coefficient (Wildman–Crippen LogP) is -0.224. The van der Waals surface area contributed by atoms with Crippen molar-refractivity contribution in [3.63, 3.8) is 0 Å². The molecular weight excluding hydrogens is 264 g/mol. The number of H-pyrrole nitrogens is 1. The van der Waals surface area contributed by atoms with Gasteiger partial charge in [-0.1, -0.05) is 0 Å². The van der Waals surface area contributed by atoms with E-state index < -0.39 is 5.56 Å². The number of benzene rings is 1. The van der Waals surface area contributed by atoms with Crippen LogP contribution in [-0.2, 0) is 0 Å². The highest BCUT2D eigenvalue weighted by molar-refractivity contribution is 5.74. The number of phenolic OH excluding ortho intramolecular Hbond substituents is 1. The third kappa shape index (κ3) is 1.72. The predicted molar refractivity (Wildman–Crippen MR) is 69.5 cm³/mol. The number of aromatic amines is 1. The first-order valence-corrected chi connectivity index (χ1v) is 5.57. The maximum atomic E-state index is 11.2. The topological polar surface area (TPSA) is 131 Å². The molecule has 0 saturated carbocycles. The lowest BCUT2D eigenvalue weighted by atomic mass is 10.1. The second-order valence-corrected chi connectivity index (χ2v) is 4.01. The number of nitrogen functional groups attached to an aromatic ring is 1. The molecule has 2 heterocycles. The van der Waals surface area contributed by atoms with Gasteiger partial charge in [-0.3, -0.25) is 9.78 Å². The van der Waals surface area contributed by atoms with Crippen LogP contribution >= 0.6 is 0 Å².